The smallest absolute Gasteiger partial charge is 0.257 e. The molecule has 5 heteroatoms. The van der Waals surface area contributed by atoms with Crippen LogP contribution >= 0.6 is 15.9 Å². The first-order valence-corrected chi connectivity index (χ1v) is 10.1. The molecule has 2 aromatic rings. The summed E-state index contributed by atoms with van der Waals surface area (Å²) in [5.74, 6) is 0.693. The van der Waals surface area contributed by atoms with Crippen LogP contribution in [0.4, 0.5) is 0 Å². The molecule has 0 bridgehead atoms. The van der Waals surface area contributed by atoms with Gasteiger partial charge in [-0.3, -0.25) is 4.79 Å². The monoisotopic (exact) mass is 431 g/mol. The van der Waals surface area contributed by atoms with E-state index in [1.54, 1.807) is 0 Å². The molecule has 0 aromatic heterocycles. The van der Waals surface area contributed by atoms with Crippen LogP contribution in [0, 0.1) is 13.8 Å². The molecule has 27 heavy (non-hydrogen) atoms. The topological polar surface area (TPSA) is 47.6 Å². The molecule has 1 saturated heterocycles. The largest absolute Gasteiger partial charge is 0.483 e. The Kier molecular flexibility index (Phi) is 6.55. The van der Waals surface area contributed by atoms with Crippen LogP contribution < -0.4 is 10.1 Å². The minimum atomic E-state index is -0.101. The predicted octanol–water partition coefficient (Wildman–Crippen LogP) is 4.31. The molecule has 3 rings (SSSR count). The third-order valence-corrected chi connectivity index (χ3v) is 5.76. The van der Waals surface area contributed by atoms with E-state index in [4.69, 9.17) is 9.47 Å². The third-order valence-electron chi connectivity index (χ3n) is 5.27. The van der Waals surface area contributed by atoms with Gasteiger partial charge in [0.05, 0.1) is 0 Å². The van der Waals surface area contributed by atoms with E-state index in [-0.39, 0.29) is 17.9 Å². The summed E-state index contributed by atoms with van der Waals surface area (Å²) in [7, 11) is 0. The fourth-order valence-electron chi connectivity index (χ4n) is 3.63. The summed E-state index contributed by atoms with van der Waals surface area (Å²) in [5.41, 5.74) is 3.21. The maximum Gasteiger partial charge on any atom is 0.257 e. The zero-order valence-corrected chi connectivity index (χ0v) is 17.5. The highest BCUT2D eigenvalue weighted by Gasteiger charge is 2.35. The van der Waals surface area contributed by atoms with E-state index in [0.29, 0.717) is 19.8 Å². The number of carbonyl (C=O) groups is 1. The van der Waals surface area contributed by atoms with Crippen molar-refractivity contribution in [2.45, 2.75) is 32.1 Å². The van der Waals surface area contributed by atoms with Crippen LogP contribution in [0.25, 0.3) is 0 Å². The van der Waals surface area contributed by atoms with Gasteiger partial charge in [0.1, 0.15) is 5.75 Å². The van der Waals surface area contributed by atoms with Crippen LogP contribution in [-0.2, 0) is 14.9 Å². The second kappa shape index (κ2) is 8.89. The molecule has 1 amide bonds. The number of para-hydroxylation sites is 1. The van der Waals surface area contributed by atoms with Crippen molar-refractivity contribution in [2.75, 3.05) is 26.4 Å². The van der Waals surface area contributed by atoms with E-state index in [0.717, 1.165) is 34.2 Å². The number of rotatable bonds is 6. The summed E-state index contributed by atoms with van der Waals surface area (Å²) in [4.78, 5) is 12.4. The quantitative estimate of drug-likeness (QED) is 0.740. The Morgan fingerprint density at radius 3 is 2.48 bits per heavy atom. The van der Waals surface area contributed by atoms with E-state index < -0.39 is 0 Å². The Morgan fingerprint density at radius 1 is 1.15 bits per heavy atom. The van der Waals surface area contributed by atoms with Crippen molar-refractivity contribution in [3.8, 4) is 5.75 Å². The number of carbonyl (C=O) groups excluding carboxylic acids is 1. The Morgan fingerprint density at radius 2 is 1.81 bits per heavy atom. The highest BCUT2D eigenvalue weighted by molar-refractivity contribution is 9.10. The number of halogens is 1. The van der Waals surface area contributed by atoms with E-state index in [9.17, 15) is 4.79 Å². The van der Waals surface area contributed by atoms with Gasteiger partial charge in [0.25, 0.3) is 5.91 Å². The van der Waals surface area contributed by atoms with Crippen molar-refractivity contribution in [1.82, 2.24) is 5.32 Å². The number of aryl methyl sites for hydroxylation is 2. The molecule has 4 nitrogen and oxygen atoms in total. The molecule has 1 N–H and O–H groups in total. The standard InChI is InChI=1S/C22H26BrNO3/c1-16-5-3-6-17(2)21(16)27-14-20(25)24-15-22(9-11-26-12-10-22)18-7-4-8-19(23)13-18/h3-8,13H,9-12,14-15H2,1-2H3,(H,24,25). The maximum atomic E-state index is 12.4. The molecule has 0 unspecified atom stereocenters. The molecule has 0 radical (unpaired) electrons. The molecule has 0 saturated carbocycles. The number of amides is 1. The van der Waals surface area contributed by atoms with E-state index in [1.165, 1.54) is 5.56 Å². The summed E-state index contributed by atoms with van der Waals surface area (Å²) in [6, 6.07) is 14.3. The molecule has 1 heterocycles. The van der Waals surface area contributed by atoms with Gasteiger partial charge in [-0.25, -0.2) is 0 Å². The van der Waals surface area contributed by atoms with Crippen molar-refractivity contribution < 1.29 is 14.3 Å². The lowest BCUT2D eigenvalue weighted by molar-refractivity contribution is -0.123. The van der Waals surface area contributed by atoms with Gasteiger partial charge in [-0.2, -0.15) is 0 Å². The molecule has 0 atom stereocenters. The minimum absolute atomic E-state index is 0.0246. The van der Waals surface area contributed by atoms with E-state index in [1.807, 2.05) is 44.2 Å². The summed E-state index contributed by atoms with van der Waals surface area (Å²) in [6.45, 7) is 6.01. The molecule has 1 aliphatic rings. The van der Waals surface area contributed by atoms with Crippen molar-refractivity contribution in [3.05, 3.63) is 63.6 Å². The minimum Gasteiger partial charge on any atom is -0.483 e. The summed E-state index contributed by atoms with van der Waals surface area (Å²) in [6.07, 6.45) is 1.78. The molecule has 1 aliphatic heterocycles. The second-order valence-electron chi connectivity index (χ2n) is 7.19. The first-order chi connectivity index (χ1) is 13.0. The zero-order chi connectivity index (χ0) is 19.3. The summed E-state index contributed by atoms with van der Waals surface area (Å²) >= 11 is 3.56. The molecule has 0 aliphatic carbocycles. The van der Waals surface area contributed by atoms with E-state index in [2.05, 4.69) is 33.4 Å². The normalized spacial score (nSPS) is 16.0. The third kappa shape index (κ3) is 4.90. The molecule has 1 fully saturated rings. The Hall–Kier alpha value is -1.85. The van der Waals surface area contributed by atoms with Crippen LogP contribution in [-0.4, -0.2) is 32.3 Å². The van der Waals surface area contributed by atoms with Gasteiger partial charge in [0, 0.05) is 29.6 Å². The average Bonchev–Trinajstić information content (AvgIpc) is 2.67. The molecular weight excluding hydrogens is 406 g/mol. The Balaban J connectivity index is 1.64. The molecule has 144 valence electrons. The van der Waals surface area contributed by atoms with Gasteiger partial charge >= 0.3 is 0 Å². The first-order valence-electron chi connectivity index (χ1n) is 9.30. The van der Waals surface area contributed by atoms with Gasteiger partial charge < -0.3 is 14.8 Å². The number of nitrogens with one attached hydrogen (secondary N) is 1. The maximum absolute atomic E-state index is 12.4. The van der Waals surface area contributed by atoms with Crippen LogP contribution in [0.3, 0.4) is 0 Å². The van der Waals surface area contributed by atoms with Crippen molar-refractivity contribution in [3.63, 3.8) is 0 Å². The van der Waals surface area contributed by atoms with Crippen LogP contribution in [0.15, 0.2) is 46.9 Å². The number of ether oxygens (including phenoxy) is 2. The lowest BCUT2D eigenvalue weighted by atomic mass is 9.74. The number of hydrogen-bond acceptors (Lipinski definition) is 3. The molecule has 0 spiro atoms. The van der Waals surface area contributed by atoms with Gasteiger partial charge in [-0.15, -0.1) is 0 Å². The highest BCUT2D eigenvalue weighted by Crippen LogP contribution is 2.35. The van der Waals surface area contributed by atoms with Crippen LogP contribution in [0.1, 0.15) is 29.5 Å². The lowest BCUT2D eigenvalue weighted by Gasteiger charge is -2.38. The average molecular weight is 432 g/mol. The number of hydrogen-bond donors (Lipinski definition) is 1. The SMILES string of the molecule is Cc1cccc(C)c1OCC(=O)NCC1(c2cccc(Br)c2)CCOCC1. The van der Waals surface area contributed by atoms with Crippen molar-refractivity contribution >= 4 is 21.8 Å². The molecular formula is C22H26BrNO3. The predicted molar refractivity (Wildman–Crippen MR) is 110 cm³/mol. The Labute approximate surface area is 169 Å². The lowest BCUT2D eigenvalue weighted by Crippen LogP contribution is -2.45. The highest BCUT2D eigenvalue weighted by atomic mass is 79.9. The van der Waals surface area contributed by atoms with Gasteiger partial charge in [0.2, 0.25) is 0 Å². The van der Waals surface area contributed by atoms with E-state index >= 15 is 0 Å². The second-order valence-corrected chi connectivity index (χ2v) is 8.11. The van der Waals surface area contributed by atoms with Crippen molar-refractivity contribution in [1.29, 1.82) is 0 Å². The van der Waals surface area contributed by atoms with Crippen molar-refractivity contribution in [2.24, 2.45) is 0 Å². The fraction of sp³-hybridized carbons (Fsp3) is 0.409. The van der Waals surface area contributed by atoms with Crippen LogP contribution in [0.5, 0.6) is 5.75 Å². The zero-order valence-electron chi connectivity index (χ0n) is 15.9. The van der Waals surface area contributed by atoms with Gasteiger partial charge in [-0.1, -0.05) is 46.3 Å². The summed E-state index contributed by atoms with van der Waals surface area (Å²) < 4.78 is 12.4. The summed E-state index contributed by atoms with van der Waals surface area (Å²) in [5, 5.41) is 3.09. The Bertz CT molecular complexity index is 780. The number of benzene rings is 2. The van der Waals surface area contributed by atoms with Gasteiger partial charge in [0.15, 0.2) is 6.61 Å². The van der Waals surface area contributed by atoms with Gasteiger partial charge in [-0.05, 0) is 55.5 Å². The van der Waals surface area contributed by atoms with Crippen LogP contribution in [0.2, 0.25) is 0 Å². The first kappa shape index (κ1) is 19.9. The molecule has 2 aromatic carbocycles. The fourth-order valence-corrected chi connectivity index (χ4v) is 4.03.